The molecule has 1 saturated carbocycles. The molecular formula is C54H70N2. The molecule has 13 atom stereocenters. The minimum atomic E-state index is 0.609. The van der Waals surface area contributed by atoms with Gasteiger partial charge in [-0.1, -0.05) is 108 Å². The number of hydrogen-bond donors (Lipinski definition) is 0. The Labute approximate surface area is 340 Å². The Balaban J connectivity index is 0.869. The second-order valence-electron chi connectivity index (χ2n) is 20.3. The molecule has 296 valence electrons. The molecule has 2 nitrogen and oxygen atoms in total. The molecule has 0 aromatic rings. The predicted octanol–water partition coefficient (Wildman–Crippen LogP) is 13.1. The van der Waals surface area contributed by atoms with E-state index >= 15 is 0 Å². The highest BCUT2D eigenvalue weighted by Crippen LogP contribution is 2.55. The molecule has 1 saturated heterocycles. The van der Waals surface area contributed by atoms with Crippen LogP contribution < -0.4 is 0 Å². The summed E-state index contributed by atoms with van der Waals surface area (Å²) in [5.41, 5.74) is 8.96. The first-order valence-corrected chi connectivity index (χ1v) is 24.1. The fourth-order valence-corrected chi connectivity index (χ4v) is 15.0. The molecule has 56 heavy (non-hydrogen) atoms. The van der Waals surface area contributed by atoms with E-state index in [1.54, 1.807) is 16.8 Å². The van der Waals surface area contributed by atoms with E-state index in [0.29, 0.717) is 30.0 Å². The number of allylic oxidation sites excluding steroid dienone is 15. The van der Waals surface area contributed by atoms with Crippen LogP contribution in [-0.4, -0.2) is 40.0 Å². The molecule has 0 amide bonds. The summed E-state index contributed by atoms with van der Waals surface area (Å²) < 4.78 is 0. The smallest absolute Gasteiger partial charge is 0.0397 e. The van der Waals surface area contributed by atoms with Gasteiger partial charge in [0.1, 0.15) is 0 Å². The van der Waals surface area contributed by atoms with Crippen molar-refractivity contribution in [3.05, 3.63) is 119 Å². The van der Waals surface area contributed by atoms with Gasteiger partial charge in [0.15, 0.2) is 0 Å². The molecule has 0 bridgehead atoms. The van der Waals surface area contributed by atoms with E-state index in [9.17, 15) is 0 Å². The standard InChI is InChI=1S/C54H70N2/c1-4-15-37(16-5-1)40-21-14-22-45(32-40)55-51-25-12-10-23-47(51)49-29-27-42(36-54(49)55)41-28-30-53-50(35-41)48-24-11-13-26-52(48)56(53)46-33-43(38-17-6-2-7-18-38)31-44(34-46)39-19-8-3-9-20-39/h1-2,4-6,8,11-12,15,19,21,24-25,31,35,37-39,42,44-49,51-52,54H,3,7,9-10,13-14,16-18,20,22-23,26-30,32-34,36H2. The quantitative estimate of drug-likeness (QED) is 0.250. The second-order valence-corrected chi connectivity index (χ2v) is 20.3. The average molecular weight is 747 g/mol. The Morgan fingerprint density at radius 2 is 1.46 bits per heavy atom. The van der Waals surface area contributed by atoms with Crippen molar-refractivity contribution in [1.82, 2.24) is 9.80 Å². The summed E-state index contributed by atoms with van der Waals surface area (Å²) in [6.07, 6.45) is 66.3. The fourth-order valence-electron chi connectivity index (χ4n) is 15.0. The fraction of sp³-hybridized carbons (Fsp3) is 0.630. The van der Waals surface area contributed by atoms with E-state index < -0.39 is 0 Å². The first-order valence-electron chi connectivity index (χ1n) is 24.1. The highest BCUT2D eigenvalue weighted by Gasteiger charge is 2.53. The minimum absolute atomic E-state index is 0.609. The van der Waals surface area contributed by atoms with E-state index in [2.05, 4.69) is 101 Å². The first kappa shape index (κ1) is 36.3. The van der Waals surface area contributed by atoms with Gasteiger partial charge in [0.05, 0.1) is 0 Å². The lowest BCUT2D eigenvalue weighted by molar-refractivity contribution is 0.0893. The number of hydrogen-bond acceptors (Lipinski definition) is 2. The van der Waals surface area contributed by atoms with Gasteiger partial charge in [0, 0.05) is 47.7 Å². The Morgan fingerprint density at radius 1 is 0.554 bits per heavy atom. The summed E-state index contributed by atoms with van der Waals surface area (Å²) in [5.74, 6) is 6.04. The van der Waals surface area contributed by atoms with Crippen LogP contribution in [0.1, 0.15) is 135 Å². The Kier molecular flexibility index (Phi) is 10.2. The van der Waals surface area contributed by atoms with Gasteiger partial charge in [-0.25, -0.2) is 0 Å². The van der Waals surface area contributed by atoms with Gasteiger partial charge in [-0.15, -0.1) is 0 Å². The van der Waals surface area contributed by atoms with Gasteiger partial charge in [0.25, 0.3) is 0 Å². The lowest BCUT2D eigenvalue weighted by atomic mass is 9.69. The zero-order valence-corrected chi connectivity index (χ0v) is 34.4. The van der Waals surface area contributed by atoms with Gasteiger partial charge in [-0.2, -0.15) is 0 Å². The average Bonchev–Trinajstić information content (AvgIpc) is 3.79. The third-order valence-electron chi connectivity index (χ3n) is 17.6. The third-order valence-corrected chi connectivity index (χ3v) is 17.6. The minimum Gasteiger partial charge on any atom is -0.367 e. The zero-order chi connectivity index (χ0) is 37.0. The van der Waals surface area contributed by atoms with Crippen molar-refractivity contribution >= 4 is 0 Å². The van der Waals surface area contributed by atoms with Crippen molar-refractivity contribution in [2.45, 2.75) is 165 Å². The zero-order valence-electron chi connectivity index (χ0n) is 34.4. The van der Waals surface area contributed by atoms with Crippen LogP contribution in [0.2, 0.25) is 0 Å². The molecule has 2 aliphatic heterocycles. The number of nitrogens with zero attached hydrogens (tertiary/aromatic N) is 2. The van der Waals surface area contributed by atoms with E-state index in [1.165, 1.54) is 135 Å². The van der Waals surface area contributed by atoms with Crippen LogP contribution in [0.4, 0.5) is 0 Å². The summed E-state index contributed by atoms with van der Waals surface area (Å²) >= 11 is 0. The first-order chi connectivity index (χ1) is 27.8. The lowest BCUT2D eigenvalue weighted by Gasteiger charge is -2.45. The predicted molar refractivity (Wildman–Crippen MR) is 234 cm³/mol. The second kappa shape index (κ2) is 15.7. The summed E-state index contributed by atoms with van der Waals surface area (Å²) in [6.45, 7) is 0. The largest absolute Gasteiger partial charge is 0.367 e. The summed E-state index contributed by atoms with van der Waals surface area (Å²) in [4.78, 5) is 6.30. The van der Waals surface area contributed by atoms with Crippen LogP contribution >= 0.6 is 0 Å². The molecule has 2 heterocycles. The van der Waals surface area contributed by atoms with E-state index in [0.717, 1.165) is 47.6 Å². The Hall–Kier alpha value is -2.84. The maximum Gasteiger partial charge on any atom is 0.0397 e. The number of likely N-dealkylation sites (tertiary alicyclic amines) is 1. The van der Waals surface area contributed by atoms with Crippen molar-refractivity contribution in [3.63, 3.8) is 0 Å². The van der Waals surface area contributed by atoms with Gasteiger partial charge < -0.3 is 4.90 Å². The summed E-state index contributed by atoms with van der Waals surface area (Å²) in [6, 6.07) is 3.52. The van der Waals surface area contributed by atoms with Crippen molar-refractivity contribution < 1.29 is 0 Å². The van der Waals surface area contributed by atoms with Crippen LogP contribution in [0.15, 0.2) is 119 Å². The molecule has 0 spiro atoms. The highest BCUT2D eigenvalue weighted by molar-refractivity contribution is 5.45. The molecular weight excluding hydrogens is 677 g/mol. The van der Waals surface area contributed by atoms with Crippen LogP contribution in [0.25, 0.3) is 0 Å². The maximum atomic E-state index is 3.17. The van der Waals surface area contributed by atoms with E-state index in [-0.39, 0.29) is 0 Å². The highest BCUT2D eigenvalue weighted by atomic mass is 15.3. The molecule has 11 rings (SSSR count). The topological polar surface area (TPSA) is 6.48 Å². The van der Waals surface area contributed by atoms with E-state index in [4.69, 9.17) is 0 Å². The molecule has 11 aliphatic rings. The van der Waals surface area contributed by atoms with E-state index in [1.807, 2.05) is 11.1 Å². The maximum absolute atomic E-state index is 3.17. The normalized spacial score (nSPS) is 43.2. The van der Waals surface area contributed by atoms with Crippen molar-refractivity contribution in [2.75, 3.05) is 0 Å². The van der Waals surface area contributed by atoms with Gasteiger partial charge in [-0.05, 0) is 176 Å². The molecule has 0 aromatic carbocycles. The van der Waals surface area contributed by atoms with Gasteiger partial charge >= 0.3 is 0 Å². The van der Waals surface area contributed by atoms with Crippen molar-refractivity contribution in [1.29, 1.82) is 0 Å². The van der Waals surface area contributed by atoms with Gasteiger partial charge in [0.2, 0.25) is 0 Å². The summed E-state index contributed by atoms with van der Waals surface area (Å²) in [7, 11) is 0. The molecule has 0 radical (unpaired) electrons. The Morgan fingerprint density at radius 3 is 2.36 bits per heavy atom. The molecule has 9 aliphatic carbocycles. The molecule has 2 heteroatoms. The van der Waals surface area contributed by atoms with Crippen molar-refractivity contribution in [2.24, 2.45) is 47.3 Å². The van der Waals surface area contributed by atoms with Crippen LogP contribution in [0, 0.1) is 47.3 Å². The molecule has 2 fully saturated rings. The summed E-state index contributed by atoms with van der Waals surface area (Å²) in [5, 5.41) is 0. The van der Waals surface area contributed by atoms with Crippen LogP contribution in [-0.2, 0) is 0 Å². The third kappa shape index (κ3) is 6.65. The number of rotatable bonds is 6. The van der Waals surface area contributed by atoms with Gasteiger partial charge in [-0.3, -0.25) is 4.90 Å². The van der Waals surface area contributed by atoms with Crippen LogP contribution in [0.3, 0.4) is 0 Å². The SMILES string of the molecule is C1=CCC(C2=CCCC(N3C4C=CCCC4C4CCC(C5=CC6=C(CC5)N(C5CC(C7CC=CCC7)=CC(C7C=CCCC7)C5)C5CCC=CC65)CC43)C2)C=C1. The van der Waals surface area contributed by atoms with Crippen LogP contribution in [0.5, 0.6) is 0 Å². The monoisotopic (exact) mass is 747 g/mol. The lowest BCUT2D eigenvalue weighted by Crippen LogP contribution is -2.48. The molecule has 0 N–H and O–H groups in total. The number of fused-ring (bicyclic) bond motifs is 5. The van der Waals surface area contributed by atoms with Crippen molar-refractivity contribution in [3.8, 4) is 0 Å². The Bertz CT molecular complexity index is 1810. The molecule has 13 unspecified atom stereocenters. The molecule has 0 aromatic heterocycles.